The Bertz CT molecular complexity index is 530. The number of amides is 2. The summed E-state index contributed by atoms with van der Waals surface area (Å²) in [5, 5.41) is 11.2. The topological polar surface area (TPSA) is 95.9 Å². The van der Waals surface area contributed by atoms with Crippen LogP contribution in [0.1, 0.15) is 12.0 Å². The van der Waals surface area contributed by atoms with Crippen molar-refractivity contribution in [3.05, 3.63) is 29.8 Å². The van der Waals surface area contributed by atoms with Crippen molar-refractivity contribution in [2.24, 2.45) is 0 Å². The minimum atomic E-state index is -1.01. The molecule has 2 N–H and O–H groups in total. The quantitative estimate of drug-likeness (QED) is 0.767. The normalized spacial score (nSPS) is 9.81. The Balaban J connectivity index is 2.86. The molecule has 0 radical (unpaired) electrons. The smallest absolute Gasteiger partial charge is 0.325 e. The molecule has 0 aliphatic carbocycles. The fourth-order valence-electron chi connectivity index (χ4n) is 1.72. The van der Waals surface area contributed by atoms with Crippen molar-refractivity contribution in [2.45, 2.75) is 13.3 Å². The van der Waals surface area contributed by atoms with Gasteiger partial charge in [-0.2, -0.15) is 0 Å². The first-order chi connectivity index (χ1) is 9.95. The zero-order valence-electron chi connectivity index (χ0n) is 12.0. The summed E-state index contributed by atoms with van der Waals surface area (Å²) in [5.41, 5.74) is 1.43. The number of rotatable bonds is 6. The molecule has 114 valence electrons. The summed E-state index contributed by atoms with van der Waals surface area (Å²) in [6, 6.07) is 6.56. The molecule has 0 aliphatic rings. The molecule has 7 nitrogen and oxygen atoms in total. The number of hydrogen-bond acceptors (Lipinski definition) is 4. The number of nitrogens with one attached hydrogen (secondary N) is 1. The van der Waals surface area contributed by atoms with Crippen molar-refractivity contribution in [3.8, 4) is 0 Å². The Morgan fingerprint density at radius 3 is 2.52 bits per heavy atom. The molecule has 0 bridgehead atoms. The maximum Gasteiger partial charge on any atom is 0.325 e. The Hall–Kier alpha value is -2.57. The van der Waals surface area contributed by atoms with Crippen LogP contribution in [0.5, 0.6) is 0 Å². The number of ether oxygens (including phenoxy) is 1. The number of methoxy groups -OCH3 is 1. The number of anilines is 1. The lowest BCUT2D eigenvalue weighted by atomic mass is 10.2. The number of carbonyl (C=O) groups excluding carboxylic acids is 2. The Kier molecular flexibility index (Phi) is 6.19. The van der Waals surface area contributed by atoms with E-state index in [0.717, 1.165) is 5.56 Å². The standard InChI is InChI=1S/C14H18N2O5/c1-10-5-3-4-6-11(10)16(8-7-12(17)18)14(20)15-9-13(19)21-2/h3-6H,7-9H2,1-2H3,(H,15,20)(H,17,18). The third kappa shape index (κ3) is 5.13. The second kappa shape index (κ2) is 7.88. The fourth-order valence-corrected chi connectivity index (χ4v) is 1.72. The zero-order valence-corrected chi connectivity index (χ0v) is 12.0. The molecule has 2 amide bonds. The predicted molar refractivity (Wildman–Crippen MR) is 76.2 cm³/mol. The number of nitrogens with zero attached hydrogens (tertiary/aromatic N) is 1. The molecule has 0 atom stereocenters. The Morgan fingerprint density at radius 2 is 1.95 bits per heavy atom. The third-order valence-electron chi connectivity index (χ3n) is 2.81. The number of aliphatic carboxylic acids is 1. The van der Waals surface area contributed by atoms with Crippen molar-refractivity contribution >= 4 is 23.7 Å². The maximum atomic E-state index is 12.1. The van der Waals surface area contributed by atoms with Gasteiger partial charge < -0.3 is 15.2 Å². The summed E-state index contributed by atoms with van der Waals surface area (Å²) in [6.07, 6.45) is -0.194. The van der Waals surface area contributed by atoms with Crippen molar-refractivity contribution in [1.29, 1.82) is 0 Å². The molecule has 0 aromatic heterocycles. The van der Waals surface area contributed by atoms with Gasteiger partial charge in [-0.05, 0) is 18.6 Å². The van der Waals surface area contributed by atoms with E-state index < -0.39 is 18.0 Å². The van der Waals surface area contributed by atoms with Gasteiger partial charge in [-0.3, -0.25) is 14.5 Å². The van der Waals surface area contributed by atoms with Crippen LogP contribution < -0.4 is 10.2 Å². The number of carboxylic acid groups (broad SMARTS) is 1. The number of para-hydroxylation sites is 1. The molecular weight excluding hydrogens is 276 g/mol. The number of urea groups is 1. The molecule has 1 aromatic carbocycles. The van der Waals surface area contributed by atoms with Gasteiger partial charge in [0.25, 0.3) is 0 Å². The van der Waals surface area contributed by atoms with E-state index in [-0.39, 0.29) is 19.5 Å². The van der Waals surface area contributed by atoms with Crippen LogP contribution in [0, 0.1) is 6.92 Å². The average molecular weight is 294 g/mol. The number of hydrogen-bond donors (Lipinski definition) is 2. The summed E-state index contributed by atoms with van der Waals surface area (Å²) < 4.78 is 4.44. The monoisotopic (exact) mass is 294 g/mol. The summed E-state index contributed by atoms with van der Waals surface area (Å²) in [7, 11) is 1.22. The van der Waals surface area contributed by atoms with Crippen LogP contribution in [0.3, 0.4) is 0 Å². The van der Waals surface area contributed by atoms with Crippen LogP contribution in [-0.2, 0) is 14.3 Å². The van der Waals surface area contributed by atoms with E-state index in [9.17, 15) is 14.4 Å². The van der Waals surface area contributed by atoms with Gasteiger partial charge in [0.15, 0.2) is 0 Å². The summed E-state index contributed by atoms with van der Waals surface area (Å²) in [4.78, 5) is 35.2. The van der Waals surface area contributed by atoms with Crippen molar-refractivity contribution < 1.29 is 24.2 Å². The Morgan fingerprint density at radius 1 is 1.29 bits per heavy atom. The second-order valence-corrected chi connectivity index (χ2v) is 4.32. The van der Waals surface area contributed by atoms with E-state index in [4.69, 9.17) is 5.11 Å². The molecule has 21 heavy (non-hydrogen) atoms. The molecule has 0 aliphatic heterocycles. The lowest BCUT2D eigenvalue weighted by Crippen LogP contribution is -2.43. The SMILES string of the molecule is COC(=O)CNC(=O)N(CCC(=O)O)c1ccccc1C. The van der Waals surface area contributed by atoms with E-state index in [1.807, 2.05) is 19.1 Å². The second-order valence-electron chi connectivity index (χ2n) is 4.32. The van der Waals surface area contributed by atoms with Gasteiger partial charge in [0.05, 0.1) is 13.5 Å². The van der Waals surface area contributed by atoms with Crippen LogP contribution in [0.4, 0.5) is 10.5 Å². The number of carboxylic acids is 1. The molecule has 0 heterocycles. The van der Waals surface area contributed by atoms with E-state index in [0.29, 0.717) is 5.69 Å². The van der Waals surface area contributed by atoms with Crippen LogP contribution in [-0.4, -0.2) is 43.3 Å². The van der Waals surface area contributed by atoms with Gasteiger partial charge in [-0.15, -0.1) is 0 Å². The molecule has 1 aromatic rings. The van der Waals surface area contributed by atoms with Gasteiger partial charge in [0.1, 0.15) is 6.54 Å². The van der Waals surface area contributed by atoms with E-state index in [2.05, 4.69) is 10.1 Å². The summed E-state index contributed by atoms with van der Waals surface area (Å²) in [6.45, 7) is 1.55. The van der Waals surface area contributed by atoms with Crippen LogP contribution in [0.15, 0.2) is 24.3 Å². The predicted octanol–water partition coefficient (Wildman–Crippen LogP) is 1.16. The molecule has 1 rings (SSSR count). The zero-order chi connectivity index (χ0) is 15.8. The highest BCUT2D eigenvalue weighted by Gasteiger charge is 2.19. The first-order valence-electron chi connectivity index (χ1n) is 6.35. The summed E-state index contributed by atoms with van der Waals surface area (Å²) in [5.74, 6) is -1.58. The first kappa shape index (κ1) is 16.5. The van der Waals surface area contributed by atoms with Crippen LogP contribution in [0.2, 0.25) is 0 Å². The average Bonchev–Trinajstić information content (AvgIpc) is 2.46. The van der Waals surface area contributed by atoms with Crippen molar-refractivity contribution in [1.82, 2.24) is 5.32 Å². The highest BCUT2D eigenvalue weighted by Crippen LogP contribution is 2.19. The fraction of sp³-hybridized carbons (Fsp3) is 0.357. The summed E-state index contributed by atoms with van der Waals surface area (Å²) >= 11 is 0. The molecule has 0 fully saturated rings. The van der Waals surface area contributed by atoms with Crippen molar-refractivity contribution in [3.63, 3.8) is 0 Å². The maximum absolute atomic E-state index is 12.1. The molecule has 0 unspecified atom stereocenters. The largest absolute Gasteiger partial charge is 0.481 e. The highest BCUT2D eigenvalue weighted by molar-refractivity contribution is 5.94. The van der Waals surface area contributed by atoms with Gasteiger partial charge in [0, 0.05) is 12.2 Å². The number of carbonyl (C=O) groups is 3. The first-order valence-corrected chi connectivity index (χ1v) is 6.35. The minimum absolute atomic E-state index is 0.00714. The molecular formula is C14H18N2O5. The molecule has 0 spiro atoms. The van der Waals surface area contributed by atoms with Crippen LogP contribution in [0.25, 0.3) is 0 Å². The Labute approximate surface area is 122 Å². The van der Waals surface area contributed by atoms with Gasteiger partial charge >= 0.3 is 18.0 Å². The van der Waals surface area contributed by atoms with E-state index in [1.165, 1.54) is 12.0 Å². The van der Waals surface area contributed by atoms with Gasteiger partial charge in [0.2, 0.25) is 0 Å². The third-order valence-corrected chi connectivity index (χ3v) is 2.81. The van der Waals surface area contributed by atoms with Crippen molar-refractivity contribution in [2.75, 3.05) is 25.1 Å². The number of esters is 1. The molecule has 7 heteroatoms. The van der Waals surface area contributed by atoms with E-state index in [1.54, 1.807) is 12.1 Å². The van der Waals surface area contributed by atoms with E-state index >= 15 is 0 Å². The number of aryl methyl sites for hydroxylation is 1. The van der Waals surface area contributed by atoms with Crippen LogP contribution >= 0.6 is 0 Å². The highest BCUT2D eigenvalue weighted by atomic mass is 16.5. The lowest BCUT2D eigenvalue weighted by Gasteiger charge is -2.24. The molecule has 0 saturated carbocycles. The molecule has 0 saturated heterocycles. The van der Waals surface area contributed by atoms with Gasteiger partial charge in [-0.1, -0.05) is 18.2 Å². The minimum Gasteiger partial charge on any atom is -0.481 e. The lowest BCUT2D eigenvalue weighted by molar-refractivity contribution is -0.139. The number of benzene rings is 1. The van der Waals surface area contributed by atoms with Gasteiger partial charge in [-0.25, -0.2) is 4.79 Å².